The molecule has 1 rings (SSSR count). The molecule has 1 aromatic carbocycles. The molecule has 0 aliphatic rings. The van der Waals surface area contributed by atoms with Crippen molar-refractivity contribution in [2.45, 2.75) is 32.0 Å². The molecule has 0 radical (unpaired) electrons. The minimum Gasteiger partial charge on any atom is -0.391 e. The Bertz CT molecular complexity index is 474. The minimum absolute atomic E-state index is 0.137. The number of alkyl halides is 3. The van der Waals surface area contributed by atoms with Gasteiger partial charge in [-0.05, 0) is 24.6 Å². The Morgan fingerprint density at radius 2 is 2.05 bits per heavy atom. The van der Waals surface area contributed by atoms with E-state index in [1.165, 1.54) is 0 Å². The number of amides is 1. The number of hydrogen-bond donors (Lipinski definition) is 2. The van der Waals surface area contributed by atoms with E-state index in [1.54, 1.807) is 0 Å². The summed E-state index contributed by atoms with van der Waals surface area (Å²) in [5.41, 5.74) is -1.79. The van der Waals surface area contributed by atoms with Crippen LogP contribution in [0.5, 0.6) is 0 Å². The summed E-state index contributed by atoms with van der Waals surface area (Å²) in [6.45, 7) is 1.69. The molecular formula is C13H15F4NO2. The van der Waals surface area contributed by atoms with Crippen LogP contribution in [0.4, 0.5) is 17.6 Å². The number of carbonyl (C=O) groups excluding carboxylic acids is 1. The Hall–Kier alpha value is -1.63. The number of carbonyl (C=O) groups is 1. The average Bonchev–Trinajstić information content (AvgIpc) is 2.35. The lowest BCUT2D eigenvalue weighted by atomic mass is 10.1. The van der Waals surface area contributed by atoms with Gasteiger partial charge in [0.1, 0.15) is 5.82 Å². The number of rotatable bonds is 5. The van der Waals surface area contributed by atoms with E-state index in [1.807, 2.05) is 6.92 Å². The molecule has 112 valence electrons. The first kappa shape index (κ1) is 16.4. The molecule has 0 spiro atoms. The molecular weight excluding hydrogens is 278 g/mol. The zero-order chi connectivity index (χ0) is 15.3. The van der Waals surface area contributed by atoms with Gasteiger partial charge in [-0.25, -0.2) is 4.39 Å². The molecule has 0 aliphatic carbocycles. The molecule has 0 fully saturated rings. The molecule has 1 atom stereocenters. The normalized spacial score (nSPS) is 13.1. The lowest BCUT2D eigenvalue weighted by Gasteiger charge is -2.12. The zero-order valence-electron chi connectivity index (χ0n) is 10.8. The van der Waals surface area contributed by atoms with E-state index in [0.29, 0.717) is 31.0 Å². The molecule has 1 unspecified atom stereocenters. The molecule has 0 saturated heterocycles. The van der Waals surface area contributed by atoms with Gasteiger partial charge >= 0.3 is 6.18 Å². The Kier molecular flexibility index (Phi) is 5.50. The highest BCUT2D eigenvalue weighted by Crippen LogP contribution is 2.30. The SMILES string of the molecule is CCCC(O)CNC(=O)c1cc(C(F)(F)F)ccc1F. The molecule has 1 amide bonds. The van der Waals surface area contributed by atoms with E-state index < -0.39 is 35.1 Å². The van der Waals surface area contributed by atoms with Crippen LogP contribution in [0.3, 0.4) is 0 Å². The molecule has 0 heterocycles. The molecule has 0 saturated carbocycles. The van der Waals surface area contributed by atoms with Crippen molar-refractivity contribution < 1.29 is 27.5 Å². The van der Waals surface area contributed by atoms with Crippen molar-refractivity contribution in [1.82, 2.24) is 5.32 Å². The minimum atomic E-state index is -4.65. The van der Waals surface area contributed by atoms with Gasteiger partial charge in [0, 0.05) is 6.54 Å². The van der Waals surface area contributed by atoms with E-state index in [-0.39, 0.29) is 6.54 Å². The smallest absolute Gasteiger partial charge is 0.391 e. The standard InChI is InChI=1S/C13H15F4NO2/c1-2-3-9(19)7-18-12(20)10-6-8(13(15,16)17)4-5-11(10)14/h4-6,9,19H,2-3,7H2,1H3,(H,18,20). The van der Waals surface area contributed by atoms with Gasteiger partial charge in [-0.3, -0.25) is 4.79 Å². The maximum Gasteiger partial charge on any atom is 0.416 e. The first-order chi connectivity index (χ1) is 9.25. The van der Waals surface area contributed by atoms with Gasteiger partial charge in [0.15, 0.2) is 0 Å². The van der Waals surface area contributed by atoms with Crippen LogP contribution in [-0.4, -0.2) is 23.7 Å². The fourth-order valence-electron chi connectivity index (χ4n) is 1.62. The van der Waals surface area contributed by atoms with Crippen molar-refractivity contribution >= 4 is 5.91 Å². The summed E-state index contributed by atoms with van der Waals surface area (Å²) in [4.78, 5) is 11.6. The van der Waals surface area contributed by atoms with Crippen LogP contribution in [0.1, 0.15) is 35.7 Å². The number of aliphatic hydroxyl groups is 1. The number of nitrogens with one attached hydrogen (secondary N) is 1. The van der Waals surface area contributed by atoms with Crippen LogP contribution in [-0.2, 0) is 6.18 Å². The first-order valence-corrected chi connectivity index (χ1v) is 6.08. The third-order valence-electron chi connectivity index (χ3n) is 2.66. The molecule has 1 aromatic rings. The van der Waals surface area contributed by atoms with Crippen LogP contribution in [0.15, 0.2) is 18.2 Å². The second-order valence-electron chi connectivity index (χ2n) is 4.34. The van der Waals surface area contributed by atoms with Crippen molar-refractivity contribution in [3.05, 3.63) is 35.1 Å². The second-order valence-corrected chi connectivity index (χ2v) is 4.34. The second kappa shape index (κ2) is 6.69. The van der Waals surface area contributed by atoms with E-state index in [9.17, 15) is 27.5 Å². The summed E-state index contributed by atoms with van der Waals surface area (Å²) in [7, 11) is 0. The van der Waals surface area contributed by atoms with Crippen molar-refractivity contribution in [2.24, 2.45) is 0 Å². The van der Waals surface area contributed by atoms with E-state index in [4.69, 9.17) is 0 Å². The summed E-state index contributed by atoms with van der Waals surface area (Å²) in [6, 6.07) is 1.62. The van der Waals surface area contributed by atoms with Gasteiger partial charge in [0.2, 0.25) is 0 Å². The highest BCUT2D eigenvalue weighted by atomic mass is 19.4. The van der Waals surface area contributed by atoms with E-state index in [2.05, 4.69) is 5.32 Å². The molecule has 0 aromatic heterocycles. The van der Waals surface area contributed by atoms with Crippen LogP contribution in [0.25, 0.3) is 0 Å². The largest absolute Gasteiger partial charge is 0.416 e. The first-order valence-electron chi connectivity index (χ1n) is 6.08. The quantitative estimate of drug-likeness (QED) is 0.820. The van der Waals surface area contributed by atoms with Crippen LogP contribution < -0.4 is 5.32 Å². The van der Waals surface area contributed by atoms with Gasteiger partial charge in [-0.1, -0.05) is 13.3 Å². The van der Waals surface area contributed by atoms with Gasteiger partial charge in [-0.15, -0.1) is 0 Å². The third-order valence-corrected chi connectivity index (χ3v) is 2.66. The van der Waals surface area contributed by atoms with Crippen molar-refractivity contribution in [3.63, 3.8) is 0 Å². The third kappa shape index (κ3) is 4.48. The van der Waals surface area contributed by atoms with Gasteiger partial charge in [0.25, 0.3) is 5.91 Å². The number of halogens is 4. The lowest BCUT2D eigenvalue weighted by Crippen LogP contribution is -2.32. The highest BCUT2D eigenvalue weighted by molar-refractivity contribution is 5.94. The maximum absolute atomic E-state index is 13.4. The average molecular weight is 293 g/mol. The van der Waals surface area contributed by atoms with Crippen molar-refractivity contribution in [2.75, 3.05) is 6.54 Å². The molecule has 7 heteroatoms. The van der Waals surface area contributed by atoms with Gasteiger partial charge in [-0.2, -0.15) is 13.2 Å². The molecule has 20 heavy (non-hydrogen) atoms. The molecule has 3 nitrogen and oxygen atoms in total. The van der Waals surface area contributed by atoms with E-state index in [0.717, 1.165) is 0 Å². The monoisotopic (exact) mass is 293 g/mol. The highest BCUT2D eigenvalue weighted by Gasteiger charge is 2.31. The fourth-order valence-corrected chi connectivity index (χ4v) is 1.62. The number of benzene rings is 1. The Balaban J connectivity index is 2.82. The topological polar surface area (TPSA) is 49.3 Å². The maximum atomic E-state index is 13.4. The van der Waals surface area contributed by atoms with Crippen molar-refractivity contribution in [3.8, 4) is 0 Å². The lowest BCUT2D eigenvalue weighted by molar-refractivity contribution is -0.137. The molecule has 0 aliphatic heterocycles. The Labute approximate surface area is 113 Å². The summed E-state index contributed by atoms with van der Waals surface area (Å²) in [5.74, 6) is -2.02. The fraction of sp³-hybridized carbons (Fsp3) is 0.462. The summed E-state index contributed by atoms with van der Waals surface area (Å²) >= 11 is 0. The van der Waals surface area contributed by atoms with Gasteiger partial charge < -0.3 is 10.4 Å². The summed E-state index contributed by atoms with van der Waals surface area (Å²) in [5, 5.41) is 11.6. The Morgan fingerprint density at radius 3 is 2.60 bits per heavy atom. The Morgan fingerprint density at radius 1 is 1.40 bits per heavy atom. The molecule has 0 bridgehead atoms. The predicted octanol–water partition coefficient (Wildman–Crippen LogP) is 2.74. The number of hydrogen-bond acceptors (Lipinski definition) is 2. The van der Waals surface area contributed by atoms with Gasteiger partial charge in [0.05, 0.1) is 17.2 Å². The zero-order valence-corrected chi connectivity index (χ0v) is 10.8. The predicted molar refractivity (Wildman–Crippen MR) is 64.7 cm³/mol. The van der Waals surface area contributed by atoms with Crippen LogP contribution in [0, 0.1) is 5.82 Å². The van der Waals surface area contributed by atoms with Crippen LogP contribution >= 0.6 is 0 Å². The summed E-state index contributed by atoms with van der Waals surface area (Å²) in [6.07, 6.45) is -4.33. The molecule has 2 N–H and O–H groups in total. The van der Waals surface area contributed by atoms with E-state index >= 15 is 0 Å². The number of aliphatic hydroxyl groups excluding tert-OH is 1. The van der Waals surface area contributed by atoms with Crippen molar-refractivity contribution in [1.29, 1.82) is 0 Å². The van der Waals surface area contributed by atoms with Crippen LogP contribution in [0.2, 0.25) is 0 Å². The summed E-state index contributed by atoms with van der Waals surface area (Å²) < 4.78 is 50.8.